The molecule has 2 N–H and O–H groups in total. The Bertz CT molecular complexity index is 649. The molecule has 0 unspecified atom stereocenters. The third kappa shape index (κ3) is 3.79. The molecule has 1 aliphatic heterocycles. The van der Waals surface area contributed by atoms with Crippen molar-refractivity contribution in [3.05, 3.63) is 53.6 Å². The Morgan fingerprint density at radius 3 is 2.65 bits per heavy atom. The van der Waals surface area contributed by atoms with Crippen LogP contribution in [0.5, 0.6) is 5.75 Å². The molecule has 0 fully saturated rings. The number of nitrogens with two attached hydrogens (primary N) is 1. The van der Waals surface area contributed by atoms with E-state index in [0.717, 1.165) is 30.9 Å². The van der Waals surface area contributed by atoms with Gasteiger partial charge in [0.05, 0.1) is 6.54 Å². The van der Waals surface area contributed by atoms with Crippen LogP contribution in [0.25, 0.3) is 0 Å². The first-order valence-electron chi connectivity index (χ1n) is 8.49. The minimum atomic E-state index is 0.555. The summed E-state index contributed by atoms with van der Waals surface area (Å²) < 4.78 is 5.92. The third-order valence-corrected chi connectivity index (χ3v) is 4.50. The predicted octanol–water partition coefficient (Wildman–Crippen LogP) is 4.22. The summed E-state index contributed by atoms with van der Waals surface area (Å²) in [4.78, 5) is 2.39. The molecule has 1 heterocycles. The van der Waals surface area contributed by atoms with Gasteiger partial charge in [-0.1, -0.05) is 32.0 Å². The summed E-state index contributed by atoms with van der Waals surface area (Å²) in [7, 11) is 0. The molecule has 0 aliphatic carbocycles. The van der Waals surface area contributed by atoms with Gasteiger partial charge in [0.2, 0.25) is 0 Å². The van der Waals surface area contributed by atoms with E-state index in [1.54, 1.807) is 0 Å². The highest BCUT2D eigenvalue weighted by atomic mass is 16.5. The Kier molecular flexibility index (Phi) is 4.75. The molecule has 122 valence electrons. The highest BCUT2D eigenvalue weighted by Crippen LogP contribution is 2.29. The van der Waals surface area contributed by atoms with Crippen LogP contribution in [0.2, 0.25) is 0 Å². The van der Waals surface area contributed by atoms with Gasteiger partial charge in [0.25, 0.3) is 0 Å². The summed E-state index contributed by atoms with van der Waals surface area (Å²) in [5.41, 5.74) is 10.8. The fourth-order valence-corrected chi connectivity index (χ4v) is 3.12. The standard InChI is InChI=1S/C20H26N2O/c1-15(2)16-6-9-19(10-7-16)23-13-12-22-11-3-4-17-5-8-18(21)14-20(17)22/h5-10,14-15H,3-4,11-13,21H2,1-2H3. The zero-order valence-electron chi connectivity index (χ0n) is 14.1. The van der Waals surface area contributed by atoms with Gasteiger partial charge in [-0.3, -0.25) is 0 Å². The summed E-state index contributed by atoms with van der Waals surface area (Å²) in [6.07, 6.45) is 2.34. The molecule has 0 radical (unpaired) electrons. The summed E-state index contributed by atoms with van der Waals surface area (Å²) in [6, 6.07) is 14.7. The normalized spacial score (nSPS) is 14.0. The first-order chi connectivity index (χ1) is 11.1. The van der Waals surface area contributed by atoms with E-state index in [0.29, 0.717) is 12.5 Å². The molecule has 0 bridgehead atoms. The van der Waals surface area contributed by atoms with Crippen molar-refractivity contribution in [2.24, 2.45) is 0 Å². The van der Waals surface area contributed by atoms with Crippen LogP contribution in [0.4, 0.5) is 11.4 Å². The quantitative estimate of drug-likeness (QED) is 0.840. The molecular weight excluding hydrogens is 284 g/mol. The number of aryl methyl sites for hydroxylation is 1. The Morgan fingerprint density at radius 1 is 1.13 bits per heavy atom. The molecule has 2 aromatic carbocycles. The summed E-state index contributed by atoms with van der Waals surface area (Å²) >= 11 is 0. The van der Waals surface area contributed by atoms with E-state index in [4.69, 9.17) is 10.5 Å². The molecule has 0 saturated heterocycles. The molecule has 23 heavy (non-hydrogen) atoms. The van der Waals surface area contributed by atoms with Crippen LogP contribution in [-0.2, 0) is 6.42 Å². The SMILES string of the molecule is CC(C)c1ccc(OCCN2CCCc3ccc(N)cc32)cc1. The van der Waals surface area contributed by atoms with Crippen molar-refractivity contribution in [1.82, 2.24) is 0 Å². The van der Waals surface area contributed by atoms with Crippen molar-refractivity contribution in [3.63, 3.8) is 0 Å². The molecule has 3 nitrogen and oxygen atoms in total. The molecule has 2 aromatic rings. The van der Waals surface area contributed by atoms with E-state index in [-0.39, 0.29) is 0 Å². The molecule has 0 amide bonds. The number of anilines is 2. The van der Waals surface area contributed by atoms with Gasteiger partial charge in [-0.05, 0) is 54.2 Å². The van der Waals surface area contributed by atoms with E-state index in [1.165, 1.54) is 23.2 Å². The first-order valence-corrected chi connectivity index (χ1v) is 8.49. The first kappa shape index (κ1) is 15.7. The molecule has 0 aromatic heterocycles. The number of hydrogen-bond acceptors (Lipinski definition) is 3. The molecule has 0 spiro atoms. The van der Waals surface area contributed by atoms with Gasteiger partial charge in [-0.15, -0.1) is 0 Å². The fraction of sp³-hybridized carbons (Fsp3) is 0.400. The number of hydrogen-bond donors (Lipinski definition) is 1. The number of benzene rings is 2. The van der Waals surface area contributed by atoms with E-state index < -0.39 is 0 Å². The van der Waals surface area contributed by atoms with Gasteiger partial charge >= 0.3 is 0 Å². The van der Waals surface area contributed by atoms with Gasteiger partial charge in [0, 0.05) is 17.9 Å². The molecule has 0 atom stereocenters. The topological polar surface area (TPSA) is 38.5 Å². The van der Waals surface area contributed by atoms with Gasteiger partial charge in [0.1, 0.15) is 12.4 Å². The van der Waals surface area contributed by atoms with Crippen molar-refractivity contribution in [2.45, 2.75) is 32.6 Å². The van der Waals surface area contributed by atoms with Crippen LogP contribution in [0.15, 0.2) is 42.5 Å². The maximum absolute atomic E-state index is 5.94. The Morgan fingerprint density at radius 2 is 1.91 bits per heavy atom. The molecule has 0 saturated carbocycles. The van der Waals surface area contributed by atoms with E-state index in [9.17, 15) is 0 Å². The second-order valence-electron chi connectivity index (χ2n) is 6.55. The average Bonchev–Trinajstić information content (AvgIpc) is 2.55. The molecule has 3 rings (SSSR count). The number of nitrogen functional groups attached to an aromatic ring is 1. The van der Waals surface area contributed by atoms with E-state index in [2.05, 4.69) is 55.1 Å². The maximum atomic E-state index is 5.94. The minimum Gasteiger partial charge on any atom is -0.492 e. The van der Waals surface area contributed by atoms with Crippen molar-refractivity contribution < 1.29 is 4.74 Å². The monoisotopic (exact) mass is 310 g/mol. The van der Waals surface area contributed by atoms with Crippen LogP contribution in [0.1, 0.15) is 37.3 Å². The highest BCUT2D eigenvalue weighted by molar-refractivity contribution is 5.62. The van der Waals surface area contributed by atoms with Crippen LogP contribution in [-0.4, -0.2) is 19.7 Å². The van der Waals surface area contributed by atoms with Gasteiger partial charge in [-0.2, -0.15) is 0 Å². The van der Waals surface area contributed by atoms with E-state index >= 15 is 0 Å². The predicted molar refractivity (Wildman–Crippen MR) is 97.4 cm³/mol. The smallest absolute Gasteiger partial charge is 0.119 e. The van der Waals surface area contributed by atoms with Gasteiger partial charge in [-0.25, -0.2) is 0 Å². The maximum Gasteiger partial charge on any atom is 0.119 e. The Hall–Kier alpha value is -2.16. The zero-order valence-corrected chi connectivity index (χ0v) is 14.1. The lowest BCUT2D eigenvalue weighted by molar-refractivity contribution is 0.322. The van der Waals surface area contributed by atoms with Crippen LogP contribution in [0, 0.1) is 0 Å². The van der Waals surface area contributed by atoms with E-state index in [1.807, 2.05) is 6.07 Å². The second kappa shape index (κ2) is 6.95. The molecule has 3 heteroatoms. The summed E-state index contributed by atoms with van der Waals surface area (Å²) in [5.74, 6) is 1.50. The molecule has 1 aliphatic rings. The Balaban J connectivity index is 1.58. The van der Waals surface area contributed by atoms with Crippen molar-refractivity contribution >= 4 is 11.4 Å². The van der Waals surface area contributed by atoms with Gasteiger partial charge in [0.15, 0.2) is 0 Å². The molecular formula is C20H26N2O. The van der Waals surface area contributed by atoms with Crippen LogP contribution in [0.3, 0.4) is 0 Å². The summed E-state index contributed by atoms with van der Waals surface area (Å²) in [6.45, 7) is 7.06. The van der Waals surface area contributed by atoms with Crippen molar-refractivity contribution in [2.75, 3.05) is 30.3 Å². The summed E-state index contributed by atoms with van der Waals surface area (Å²) in [5, 5.41) is 0. The number of ether oxygens (including phenoxy) is 1. The van der Waals surface area contributed by atoms with Crippen molar-refractivity contribution in [1.29, 1.82) is 0 Å². The average molecular weight is 310 g/mol. The lowest BCUT2D eigenvalue weighted by Gasteiger charge is -2.31. The van der Waals surface area contributed by atoms with Crippen molar-refractivity contribution in [3.8, 4) is 5.75 Å². The van der Waals surface area contributed by atoms with Crippen LogP contribution >= 0.6 is 0 Å². The fourth-order valence-electron chi connectivity index (χ4n) is 3.12. The number of rotatable bonds is 5. The number of fused-ring (bicyclic) bond motifs is 1. The lowest BCUT2D eigenvalue weighted by Crippen LogP contribution is -2.33. The highest BCUT2D eigenvalue weighted by Gasteiger charge is 2.16. The van der Waals surface area contributed by atoms with Gasteiger partial charge < -0.3 is 15.4 Å². The second-order valence-corrected chi connectivity index (χ2v) is 6.55. The largest absolute Gasteiger partial charge is 0.492 e. The minimum absolute atomic E-state index is 0.555. The number of nitrogens with zero attached hydrogens (tertiary/aromatic N) is 1. The Labute approximate surface area is 139 Å². The zero-order chi connectivity index (χ0) is 16.2. The lowest BCUT2D eigenvalue weighted by atomic mass is 10.0. The third-order valence-electron chi connectivity index (χ3n) is 4.50. The van der Waals surface area contributed by atoms with Crippen LogP contribution < -0.4 is 15.4 Å².